The molecule has 1 saturated heterocycles. The topological polar surface area (TPSA) is 107 Å². The van der Waals surface area contributed by atoms with Gasteiger partial charge in [0.05, 0.1) is 10.2 Å². The Morgan fingerprint density at radius 2 is 1.81 bits per heavy atom. The van der Waals surface area contributed by atoms with Crippen LogP contribution in [0.4, 0.5) is 27.6 Å². The van der Waals surface area contributed by atoms with Gasteiger partial charge in [0.25, 0.3) is 0 Å². The van der Waals surface area contributed by atoms with E-state index in [2.05, 4.69) is 42.5 Å². The minimum Gasteiger partial charge on any atom is -0.476 e. The molecule has 4 heterocycles. The molecule has 0 atom stereocenters. The van der Waals surface area contributed by atoms with Gasteiger partial charge in [-0.3, -0.25) is 0 Å². The molecule has 2 N–H and O–H groups in total. The molecular weight excluding hydrogens is 506 g/mol. The third-order valence-electron chi connectivity index (χ3n) is 6.34. The summed E-state index contributed by atoms with van der Waals surface area (Å²) in [5, 5.41) is 23.2. The maximum Gasteiger partial charge on any atom is 0.355 e. The maximum atomic E-state index is 12.0. The van der Waals surface area contributed by atoms with Gasteiger partial charge in [-0.2, -0.15) is 0 Å². The molecule has 0 amide bonds. The predicted molar refractivity (Wildman–Crippen MR) is 148 cm³/mol. The Hall–Kier alpha value is -4.09. The van der Waals surface area contributed by atoms with Crippen LogP contribution in [0.15, 0.2) is 60.7 Å². The Morgan fingerprint density at radius 1 is 1.05 bits per heavy atom. The first-order chi connectivity index (χ1) is 18.0. The Kier molecular flexibility index (Phi) is 5.93. The zero-order valence-corrected chi connectivity index (χ0v) is 21.8. The fourth-order valence-electron chi connectivity index (χ4n) is 4.27. The highest BCUT2D eigenvalue weighted by atomic mass is 32.1. The van der Waals surface area contributed by atoms with Crippen molar-refractivity contribution in [3.63, 3.8) is 0 Å². The van der Waals surface area contributed by atoms with Crippen LogP contribution in [-0.4, -0.2) is 51.4 Å². The van der Waals surface area contributed by atoms with E-state index in [1.54, 1.807) is 16.2 Å². The van der Waals surface area contributed by atoms with Gasteiger partial charge in [-0.15, -0.1) is 21.5 Å². The second-order valence-electron chi connectivity index (χ2n) is 8.86. The fourth-order valence-corrected chi connectivity index (χ4v) is 6.25. The molecule has 0 saturated carbocycles. The molecule has 6 rings (SSSR count). The molecular formula is C26H23N7O2S2. The van der Waals surface area contributed by atoms with E-state index >= 15 is 0 Å². The third-order valence-corrected chi connectivity index (χ3v) is 8.59. The number of carboxylic acid groups (broad SMARTS) is 1. The third kappa shape index (κ3) is 4.47. The van der Waals surface area contributed by atoms with Gasteiger partial charge in [-0.05, 0) is 42.8 Å². The molecule has 186 valence electrons. The summed E-state index contributed by atoms with van der Waals surface area (Å²) in [6.07, 6.45) is 0. The van der Waals surface area contributed by atoms with Gasteiger partial charge >= 0.3 is 5.97 Å². The number of para-hydroxylation sites is 2. The van der Waals surface area contributed by atoms with Gasteiger partial charge in [-0.1, -0.05) is 41.7 Å². The number of fused-ring (bicyclic) bond motifs is 1. The highest BCUT2D eigenvalue weighted by molar-refractivity contribution is 7.22. The Labute approximate surface area is 221 Å². The van der Waals surface area contributed by atoms with Gasteiger partial charge in [0.1, 0.15) is 0 Å². The van der Waals surface area contributed by atoms with Crippen LogP contribution in [-0.2, 0) is 0 Å². The largest absolute Gasteiger partial charge is 0.476 e. The molecule has 0 bridgehead atoms. The first-order valence-electron chi connectivity index (χ1n) is 11.7. The van der Waals surface area contributed by atoms with Crippen molar-refractivity contribution in [2.45, 2.75) is 12.8 Å². The van der Waals surface area contributed by atoms with Gasteiger partial charge in [-0.25, -0.2) is 14.8 Å². The summed E-state index contributed by atoms with van der Waals surface area (Å²) in [4.78, 5) is 25.9. The summed E-state index contributed by atoms with van der Waals surface area (Å²) in [5.74, 6) is 0.322. The molecule has 0 aliphatic carbocycles. The zero-order valence-electron chi connectivity index (χ0n) is 20.1. The number of hydrogen-bond acceptors (Lipinski definition) is 10. The van der Waals surface area contributed by atoms with E-state index in [-0.39, 0.29) is 11.6 Å². The monoisotopic (exact) mass is 529 g/mol. The highest BCUT2D eigenvalue weighted by Crippen LogP contribution is 2.40. The number of rotatable bonds is 7. The van der Waals surface area contributed by atoms with Crippen molar-refractivity contribution in [1.29, 1.82) is 0 Å². The number of nitrogens with zero attached hydrogens (tertiary/aromatic N) is 6. The normalized spacial score (nSPS) is 13.5. The summed E-state index contributed by atoms with van der Waals surface area (Å²) in [6.45, 7) is 3.48. The molecule has 1 aliphatic rings. The lowest BCUT2D eigenvalue weighted by Gasteiger charge is -2.40. The average molecular weight is 530 g/mol. The number of nitrogens with one attached hydrogen (secondary N) is 1. The lowest BCUT2D eigenvalue weighted by Crippen LogP contribution is -2.45. The van der Waals surface area contributed by atoms with Crippen LogP contribution in [0.5, 0.6) is 0 Å². The van der Waals surface area contributed by atoms with Crippen LogP contribution < -0.4 is 15.1 Å². The number of carbonyl (C=O) groups is 1. The fraction of sp³-hybridized carbons (Fsp3) is 0.192. The summed E-state index contributed by atoms with van der Waals surface area (Å²) < 4.78 is 1.10. The van der Waals surface area contributed by atoms with Gasteiger partial charge in [0.15, 0.2) is 27.6 Å². The first-order valence-corrected chi connectivity index (χ1v) is 13.3. The summed E-state index contributed by atoms with van der Waals surface area (Å²) >= 11 is 2.96. The van der Waals surface area contributed by atoms with Crippen molar-refractivity contribution < 1.29 is 9.90 Å². The Balaban J connectivity index is 1.20. The molecule has 9 nitrogen and oxygen atoms in total. The summed E-state index contributed by atoms with van der Waals surface area (Å²) in [7, 11) is 1.83. The van der Waals surface area contributed by atoms with Crippen LogP contribution >= 0.6 is 22.7 Å². The van der Waals surface area contributed by atoms with Crippen LogP contribution in [0.2, 0.25) is 0 Å². The van der Waals surface area contributed by atoms with Gasteiger partial charge in [0.2, 0.25) is 0 Å². The lowest BCUT2D eigenvalue weighted by atomic mass is 9.96. The molecule has 0 radical (unpaired) electrons. The van der Waals surface area contributed by atoms with E-state index < -0.39 is 5.97 Å². The van der Waals surface area contributed by atoms with Crippen LogP contribution in [0.3, 0.4) is 0 Å². The smallest absolute Gasteiger partial charge is 0.355 e. The van der Waals surface area contributed by atoms with Crippen LogP contribution in [0.1, 0.15) is 26.8 Å². The zero-order chi connectivity index (χ0) is 25.5. The van der Waals surface area contributed by atoms with E-state index in [9.17, 15) is 9.90 Å². The number of anilines is 5. The first kappa shape index (κ1) is 23.3. The summed E-state index contributed by atoms with van der Waals surface area (Å²) in [6, 6.07) is 20.0. The van der Waals surface area contributed by atoms with E-state index in [0.29, 0.717) is 16.8 Å². The van der Waals surface area contributed by atoms with Crippen LogP contribution in [0.25, 0.3) is 10.2 Å². The van der Waals surface area contributed by atoms with E-state index in [1.807, 2.05) is 62.5 Å². The second-order valence-corrected chi connectivity index (χ2v) is 10.9. The Morgan fingerprint density at radius 3 is 2.54 bits per heavy atom. The molecule has 2 aromatic carbocycles. The van der Waals surface area contributed by atoms with E-state index in [4.69, 9.17) is 0 Å². The number of hydrogen-bond donors (Lipinski definition) is 2. The molecule has 37 heavy (non-hydrogen) atoms. The van der Waals surface area contributed by atoms with Crippen molar-refractivity contribution in [3.05, 3.63) is 76.8 Å². The molecule has 0 spiro atoms. The minimum atomic E-state index is -1.01. The number of benzene rings is 2. The van der Waals surface area contributed by atoms with Crippen molar-refractivity contribution in [1.82, 2.24) is 20.2 Å². The SMILES string of the molecule is Cc1cc(N(C)c2nc(C(=O)O)c(C3CN(c4ccccc4)C3)s2)nnc1Nc1nc2ccccc2s1. The molecule has 1 fully saturated rings. The standard InChI is InChI=1S/C26H23N7O2S2/c1-15-12-20(30-31-23(15)29-25-27-18-10-6-7-11-19(18)36-25)32(2)26-28-21(24(34)35)22(37-26)16-13-33(14-16)17-8-4-3-5-9-17/h3-12,16H,13-14H2,1-2H3,(H,34,35)(H,27,29,31). The quantitative estimate of drug-likeness (QED) is 0.276. The molecule has 3 aromatic heterocycles. The van der Waals surface area contributed by atoms with Crippen molar-refractivity contribution in [2.24, 2.45) is 0 Å². The van der Waals surface area contributed by atoms with E-state index in [1.165, 1.54) is 11.3 Å². The van der Waals surface area contributed by atoms with Gasteiger partial charge < -0.3 is 20.2 Å². The van der Waals surface area contributed by atoms with Crippen molar-refractivity contribution in [3.8, 4) is 0 Å². The maximum absolute atomic E-state index is 12.0. The highest BCUT2D eigenvalue weighted by Gasteiger charge is 2.34. The molecule has 11 heteroatoms. The summed E-state index contributed by atoms with van der Waals surface area (Å²) in [5.41, 5.74) is 3.08. The van der Waals surface area contributed by atoms with Crippen molar-refractivity contribution >= 4 is 66.4 Å². The van der Waals surface area contributed by atoms with Crippen molar-refractivity contribution in [2.75, 3.05) is 35.3 Å². The lowest BCUT2D eigenvalue weighted by molar-refractivity contribution is 0.0689. The van der Waals surface area contributed by atoms with E-state index in [0.717, 1.165) is 44.6 Å². The number of aromatic carboxylic acids is 1. The predicted octanol–water partition coefficient (Wildman–Crippen LogP) is 5.66. The van der Waals surface area contributed by atoms with Crippen LogP contribution in [0, 0.1) is 6.92 Å². The minimum absolute atomic E-state index is 0.114. The molecule has 0 unspecified atom stereocenters. The molecule has 5 aromatic rings. The number of aromatic nitrogens is 4. The number of carboxylic acids is 1. The Bertz CT molecular complexity index is 1560. The average Bonchev–Trinajstić information content (AvgIpc) is 3.49. The molecule has 1 aliphatic heterocycles. The second kappa shape index (κ2) is 9.41. The van der Waals surface area contributed by atoms with Gasteiger partial charge in [0, 0.05) is 36.6 Å². The number of thiazole rings is 2. The number of aryl methyl sites for hydroxylation is 1.